The number of carbonyl (C=O) groups is 1. The molecule has 2 rings (SSSR count). The average Bonchev–Trinajstić information content (AvgIpc) is 2.24. The predicted octanol–water partition coefficient (Wildman–Crippen LogP) is 1.74. The lowest BCUT2D eigenvalue weighted by Gasteiger charge is -2.43. The number of carbonyl (C=O) groups excluding carboxylic acids is 1. The first kappa shape index (κ1) is 14.8. The Bertz CT molecular complexity index is 313. The lowest BCUT2D eigenvalue weighted by molar-refractivity contribution is -0.135. The molecule has 0 aromatic heterocycles. The van der Waals surface area contributed by atoms with Crippen LogP contribution in [-0.4, -0.2) is 61.1 Å². The number of likely N-dealkylation sites (tertiary alicyclic amines) is 1. The van der Waals surface area contributed by atoms with E-state index in [2.05, 4.69) is 32.7 Å². The van der Waals surface area contributed by atoms with Gasteiger partial charge in [0, 0.05) is 25.6 Å². The molecule has 0 bridgehead atoms. The Morgan fingerprint density at radius 1 is 1.21 bits per heavy atom. The molecule has 2 heterocycles. The van der Waals surface area contributed by atoms with Crippen LogP contribution in [0.5, 0.6) is 0 Å². The molecule has 110 valence electrons. The Balaban J connectivity index is 1.77. The molecule has 0 N–H and O–H groups in total. The van der Waals surface area contributed by atoms with Crippen LogP contribution >= 0.6 is 0 Å². The van der Waals surface area contributed by atoms with Gasteiger partial charge in [0.1, 0.15) is 0 Å². The summed E-state index contributed by atoms with van der Waals surface area (Å²) in [6.45, 7) is 9.96. The van der Waals surface area contributed by atoms with E-state index < -0.39 is 0 Å². The van der Waals surface area contributed by atoms with Crippen molar-refractivity contribution < 1.29 is 9.53 Å². The second-order valence-electron chi connectivity index (χ2n) is 7.21. The zero-order valence-electron chi connectivity index (χ0n) is 12.8. The number of nitrogens with zero attached hydrogens (tertiary/aromatic N) is 2. The molecule has 0 saturated carbocycles. The highest BCUT2D eigenvalue weighted by Gasteiger charge is 2.32. The Kier molecular flexibility index (Phi) is 4.51. The molecule has 0 unspecified atom stereocenters. The standard InChI is InChI=1S/C15H28N2O2/c1-15(2,3)9-14(18)17-7-5-12(6-8-17)16(4)13-10-19-11-13/h12-13H,5-11H2,1-4H3. The second kappa shape index (κ2) is 5.80. The van der Waals surface area contributed by atoms with Gasteiger partial charge in [0.15, 0.2) is 0 Å². The van der Waals surface area contributed by atoms with Crippen LogP contribution in [0.4, 0.5) is 0 Å². The van der Waals surface area contributed by atoms with Crippen molar-refractivity contribution in [3.8, 4) is 0 Å². The minimum absolute atomic E-state index is 0.0913. The van der Waals surface area contributed by atoms with E-state index in [0.29, 0.717) is 24.4 Å². The Morgan fingerprint density at radius 3 is 2.21 bits per heavy atom. The van der Waals surface area contributed by atoms with Gasteiger partial charge in [-0.3, -0.25) is 9.69 Å². The van der Waals surface area contributed by atoms with E-state index in [1.54, 1.807) is 0 Å². The van der Waals surface area contributed by atoms with Gasteiger partial charge in [0.05, 0.1) is 19.3 Å². The highest BCUT2D eigenvalue weighted by atomic mass is 16.5. The third-order valence-electron chi connectivity index (χ3n) is 4.27. The molecule has 0 spiro atoms. The van der Waals surface area contributed by atoms with Crippen LogP contribution in [0.2, 0.25) is 0 Å². The van der Waals surface area contributed by atoms with Crippen LogP contribution in [0.1, 0.15) is 40.0 Å². The first-order chi connectivity index (χ1) is 8.87. The van der Waals surface area contributed by atoms with Gasteiger partial charge in [-0.1, -0.05) is 20.8 Å². The number of likely N-dealkylation sites (N-methyl/N-ethyl adjacent to an activating group) is 1. The summed E-state index contributed by atoms with van der Waals surface area (Å²) < 4.78 is 5.25. The summed E-state index contributed by atoms with van der Waals surface area (Å²) in [5, 5.41) is 0. The van der Waals surface area contributed by atoms with Crippen molar-refractivity contribution in [2.24, 2.45) is 5.41 Å². The summed E-state index contributed by atoms with van der Waals surface area (Å²) >= 11 is 0. The van der Waals surface area contributed by atoms with Crippen LogP contribution in [0, 0.1) is 5.41 Å². The number of hydrogen-bond donors (Lipinski definition) is 0. The molecule has 2 saturated heterocycles. The lowest BCUT2D eigenvalue weighted by Crippen LogP contribution is -2.54. The third-order valence-corrected chi connectivity index (χ3v) is 4.27. The van der Waals surface area contributed by atoms with Crippen molar-refractivity contribution in [2.75, 3.05) is 33.4 Å². The molecule has 0 aromatic carbocycles. The molecule has 2 aliphatic rings. The van der Waals surface area contributed by atoms with Crippen molar-refractivity contribution in [1.82, 2.24) is 9.80 Å². The number of ether oxygens (including phenoxy) is 1. The SMILES string of the molecule is CN(C1CCN(C(=O)CC(C)(C)C)CC1)C1COC1. The largest absolute Gasteiger partial charge is 0.378 e. The van der Waals surface area contributed by atoms with E-state index in [4.69, 9.17) is 4.74 Å². The van der Waals surface area contributed by atoms with Gasteiger partial charge in [0.25, 0.3) is 0 Å². The highest BCUT2D eigenvalue weighted by Crippen LogP contribution is 2.24. The summed E-state index contributed by atoms with van der Waals surface area (Å²) in [4.78, 5) is 16.7. The first-order valence-corrected chi connectivity index (χ1v) is 7.44. The zero-order valence-corrected chi connectivity index (χ0v) is 12.8. The molecule has 0 atom stereocenters. The summed E-state index contributed by atoms with van der Waals surface area (Å²) in [6, 6.07) is 1.22. The predicted molar refractivity (Wildman–Crippen MR) is 76.0 cm³/mol. The zero-order chi connectivity index (χ0) is 14.0. The van der Waals surface area contributed by atoms with Crippen LogP contribution in [0.3, 0.4) is 0 Å². The lowest BCUT2D eigenvalue weighted by atomic mass is 9.91. The van der Waals surface area contributed by atoms with Gasteiger partial charge in [-0.2, -0.15) is 0 Å². The first-order valence-electron chi connectivity index (χ1n) is 7.44. The quantitative estimate of drug-likeness (QED) is 0.781. The average molecular weight is 268 g/mol. The molecule has 4 heteroatoms. The summed E-state index contributed by atoms with van der Waals surface area (Å²) in [5.74, 6) is 0.320. The molecule has 0 aromatic rings. The van der Waals surface area contributed by atoms with Gasteiger partial charge in [-0.15, -0.1) is 0 Å². The fourth-order valence-corrected chi connectivity index (χ4v) is 2.84. The van der Waals surface area contributed by atoms with Crippen molar-refractivity contribution in [3.05, 3.63) is 0 Å². The van der Waals surface area contributed by atoms with E-state index in [1.165, 1.54) is 0 Å². The van der Waals surface area contributed by atoms with Gasteiger partial charge in [-0.25, -0.2) is 0 Å². The fourth-order valence-electron chi connectivity index (χ4n) is 2.84. The summed E-state index contributed by atoms with van der Waals surface area (Å²) in [5.41, 5.74) is 0.0913. The molecule has 19 heavy (non-hydrogen) atoms. The van der Waals surface area contributed by atoms with Crippen LogP contribution in [-0.2, 0) is 9.53 Å². The molecular formula is C15H28N2O2. The summed E-state index contributed by atoms with van der Waals surface area (Å²) in [6.07, 6.45) is 2.86. The fraction of sp³-hybridized carbons (Fsp3) is 0.933. The van der Waals surface area contributed by atoms with E-state index in [9.17, 15) is 4.79 Å². The third kappa shape index (κ3) is 3.93. The molecule has 0 aliphatic carbocycles. The van der Waals surface area contributed by atoms with Gasteiger partial charge >= 0.3 is 0 Å². The molecule has 1 amide bonds. The Morgan fingerprint density at radius 2 is 1.79 bits per heavy atom. The minimum Gasteiger partial charge on any atom is -0.378 e. The molecule has 2 aliphatic heterocycles. The van der Waals surface area contributed by atoms with E-state index in [-0.39, 0.29) is 5.41 Å². The van der Waals surface area contributed by atoms with E-state index in [1.807, 2.05) is 4.90 Å². The van der Waals surface area contributed by atoms with Crippen molar-refractivity contribution in [3.63, 3.8) is 0 Å². The molecule has 4 nitrogen and oxygen atoms in total. The maximum atomic E-state index is 12.2. The minimum atomic E-state index is 0.0913. The van der Waals surface area contributed by atoms with Crippen molar-refractivity contribution in [2.45, 2.75) is 52.1 Å². The number of hydrogen-bond acceptors (Lipinski definition) is 3. The molecular weight excluding hydrogens is 240 g/mol. The van der Waals surface area contributed by atoms with Gasteiger partial charge in [0.2, 0.25) is 5.91 Å². The van der Waals surface area contributed by atoms with Crippen LogP contribution in [0.15, 0.2) is 0 Å². The van der Waals surface area contributed by atoms with Gasteiger partial charge in [-0.05, 0) is 25.3 Å². The Hall–Kier alpha value is -0.610. The van der Waals surface area contributed by atoms with Crippen LogP contribution < -0.4 is 0 Å². The smallest absolute Gasteiger partial charge is 0.223 e. The van der Waals surface area contributed by atoms with E-state index >= 15 is 0 Å². The van der Waals surface area contributed by atoms with Gasteiger partial charge < -0.3 is 9.64 Å². The van der Waals surface area contributed by atoms with E-state index in [0.717, 1.165) is 39.1 Å². The highest BCUT2D eigenvalue weighted by molar-refractivity contribution is 5.76. The van der Waals surface area contributed by atoms with Crippen LogP contribution in [0.25, 0.3) is 0 Å². The number of piperidine rings is 1. The maximum Gasteiger partial charge on any atom is 0.223 e. The molecule has 2 fully saturated rings. The topological polar surface area (TPSA) is 32.8 Å². The van der Waals surface area contributed by atoms with Crippen molar-refractivity contribution >= 4 is 5.91 Å². The Labute approximate surface area is 117 Å². The monoisotopic (exact) mass is 268 g/mol. The number of amides is 1. The molecule has 0 radical (unpaired) electrons. The maximum absolute atomic E-state index is 12.2. The second-order valence-corrected chi connectivity index (χ2v) is 7.21. The number of rotatable bonds is 3. The summed E-state index contributed by atoms with van der Waals surface area (Å²) in [7, 11) is 2.20. The van der Waals surface area contributed by atoms with Crippen molar-refractivity contribution in [1.29, 1.82) is 0 Å². The normalized spacial score (nSPS) is 22.7.